The number of nitrogens with one attached hydrogen (secondary N) is 2. The summed E-state index contributed by atoms with van der Waals surface area (Å²) in [5, 5.41) is 5.27. The molecule has 22 heavy (non-hydrogen) atoms. The van der Waals surface area contributed by atoms with Gasteiger partial charge in [-0.15, -0.1) is 0 Å². The van der Waals surface area contributed by atoms with Crippen molar-refractivity contribution in [2.75, 3.05) is 0 Å². The lowest BCUT2D eigenvalue weighted by molar-refractivity contribution is -0.129. The topological polar surface area (TPSA) is 67.4 Å². The number of amides is 3. The Labute approximate surface area is 136 Å². The second-order valence-corrected chi connectivity index (χ2v) is 7.39. The Morgan fingerprint density at radius 1 is 1.14 bits per heavy atom. The van der Waals surface area contributed by atoms with Crippen LogP contribution in [0.4, 0.5) is 4.79 Å². The Morgan fingerprint density at radius 3 is 2.59 bits per heavy atom. The summed E-state index contributed by atoms with van der Waals surface area (Å²) in [5.74, 6) is 0.429. The maximum atomic E-state index is 12.6. The third-order valence-electron chi connectivity index (χ3n) is 5.02. The molecule has 0 aromatic heterocycles. The molecule has 0 radical (unpaired) electrons. The largest absolute Gasteiger partial charge is 0.487 e. The fourth-order valence-electron chi connectivity index (χ4n) is 4.05. The fourth-order valence-corrected chi connectivity index (χ4v) is 4.41. The molecule has 2 N–H and O–H groups in total. The van der Waals surface area contributed by atoms with Gasteiger partial charge in [-0.3, -0.25) is 10.1 Å². The van der Waals surface area contributed by atoms with Crippen molar-refractivity contribution in [3.05, 3.63) is 28.2 Å². The highest BCUT2D eigenvalue weighted by Gasteiger charge is 2.57. The Bertz CT molecular complexity index is 669. The summed E-state index contributed by atoms with van der Waals surface area (Å²) in [6.07, 6.45) is 5.74. The average molecular weight is 365 g/mol. The molecule has 2 heterocycles. The minimum atomic E-state index is -1.01. The van der Waals surface area contributed by atoms with E-state index in [4.69, 9.17) is 4.74 Å². The van der Waals surface area contributed by atoms with E-state index in [1.807, 2.05) is 18.2 Å². The van der Waals surface area contributed by atoms with E-state index in [0.717, 1.165) is 35.7 Å². The fraction of sp³-hybridized carbons (Fsp3) is 0.500. The maximum absolute atomic E-state index is 12.6. The quantitative estimate of drug-likeness (QED) is 0.695. The molecule has 5 nitrogen and oxygen atoms in total. The molecule has 1 saturated carbocycles. The van der Waals surface area contributed by atoms with Crippen LogP contribution in [-0.2, 0) is 10.3 Å². The second kappa shape index (κ2) is 4.72. The molecule has 1 aliphatic carbocycles. The molecule has 2 fully saturated rings. The van der Waals surface area contributed by atoms with Crippen LogP contribution in [0, 0.1) is 0 Å². The van der Waals surface area contributed by atoms with Gasteiger partial charge in [0.25, 0.3) is 5.91 Å². The van der Waals surface area contributed by atoms with E-state index < -0.39 is 11.6 Å². The number of hydrogen-bond acceptors (Lipinski definition) is 3. The van der Waals surface area contributed by atoms with Gasteiger partial charge >= 0.3 is 6.03 Å². The number of rotatable bonds is 0. The minimum Gasteiger partial charge on any atom is -0.487 e. The highest BCUT2D eigenvalue weighted by atomic mass is 79.9. The van der Waals surface area contributed by atoms with Crippen molar-refractivity contribution in [3.63, 3.8) is 0 Å². The first-order chi connectivity index (χ1) is 10.5. The first kappa shape index (κ1) is 14.1. The highest BCUT2D eigenvalue weighted by Crippen LogP contribution is 2.50. The number of carbonyl (C=O) groups is 2. The van der Waals surface area contributed by atoms with Gasteiger partial charge in [-0.25, -0.2) is 4.79 Å². The molecule has 6 heteroatoms. The van der Waals surface area contributed by atoms with Crippen LogP contribution < -0.4 is 15.4 Å². The molecular weight excluding hydrogens is 348 g/mol. The van der Waals surface area contributed by atoms with Gasteiger partial charge in [0.15, 0.2) is 5.54 Å². The van der Waals surface area contributed by atoms with Crippen molar-refractivity contribution in [1.29, 1.82) is 0 Å². The van der Waals surface area contributed by atoms with Gasteiger partial charge in [-0.05, 0) is 43.9 Å². The zero-order valence-corrected chi connectivity index (χ0v) is 13.7. The van der Waals surface area contributed by atoms with Crippen LogP contribution in [-0.4, -0.2) is 17.5 Å². The number of ether oxygens (including phenoxy) is 1. The summed E-state index contributed by atoms with van der Waals surface area (Å²) < 4.78 is 7.20. The van der Waals surface area contributed by atoms with Crippen LogP contribution in [0.15, 0.2) is 22.7 Å². The standard InChI is InChI=1S/C16H17BrN2O3/c17-10-4-5-12-11(8-10)16(13(20)18-14(21)19-16)9-15(22-12)6-2-1-3-7-15/h4-5,8H,1-3,6-7,9H2,(H2,18,19,20,21). The van der Waals surface area contributed by atoms with E-state index in [0.29, 0.717) is 12.2 Å². The maximum Gasteiger partial charge on any atom is 0.322 e. The van der Waals surface area contributed by atoms with E-state index in [1.165, 1.54) is 6.42 Å². The molecule has 1 saturated heterocycles. The van der Waals surface area contributed by atoms with Crippen molar-refractivity contribution in [1.82, 2.24) is 10.6 Å². The smallest absolute Gasteiger partial charge is 0.322 e. The van der Waals surface area contributed by atoms with Crippen LogP contribution in [0.5, 0.6) is 5.75 Å². The van der Waals surface area contributed by atoms with Gasteiger partial charge in [0.1, 0.15) is 11.4 Å². The van der Waals surface area contributed by atoms with Crippen LogP contribution in [0.1, 0.15) is 44.1 Å². The Balaban J connectivity index is 1.87. The number of urea groups is 1. The summed E-state index contributed by atoms with van der Waals surface area (Å²) in [6, 6.07) is 5.23. The lowest BCUT2D eigenvalue weighted by Crippen LogP contribution is -2.56. The third-order valence-corrected chi connectivity index (χ3v) is 5.51. The Kier molecular flexibility index (Phi) is 3.01. The van der Waals surface area contributed by atoms with Crippen LogP contribution in [0.25, 0.3) is 0 Å². The number of halogens is 1. The predicted octanol–water partition coefficient (Wildman–Crippen LogP) is 2.97. The van der Waals surface area contributed by atoms with Gasteiger partial charge < -0.3 is 10.1 Å². The number of benzene rings is 1. The molecule has 116 valence electrons. The van der Waals surface area contributed by atoms with Gasteiger partial charge in [0.05, 0.1) is 0 Å². The molecule has 0 bridgehead atoms. The molecular formula is C16H17BrN2O3. The monoisotopic (exact) mass is 364 g/mol. The normalized spacial score (nSPS) is 29.0. The van der Waals surface area contributed by atoms with E-state index in [2.05, 4.69) is 26.6 Å². The Morgan fingerprint density at radius 2 is 1.91 bits per heavy atom. The minimum absolute atomic E-state index is 0.273. The molecule has 1 aromatic rings. The van der Waals surface area contributed by atoms with Crippen molar-refractivity contribution < 1.29 is 14.3 Å². The number of carbonyl (C=O) groups excluding carboxylic acids is 2. The summed E-state index contributed by atoms with van der Waals surface area (Å²) in [7, 11) is 0. The molecule has 3 aliphatic rings. The molecule has 1 unspecified atom stereocenters. The molecule has 3 amide bonds. The summed E-state index contributed by atoms with van der Waals surface area (Å²) in [4.78, 5) is 24.4. The number of hydrogen-bond donors (Lipinski definition) is 2. The van der Waals surface area contributed by atoms with E-state index >= 15 is 0 Å². The lowest BCUT2D eigenvalue weighted by Gasteiger charge is -2.47. The Hall–Kier alpha value is -1.56. The van der Waals surface area contributed by atoms with Crippen LogP contribution in [0.3, 0.4) is 0 Å². The summed E-state index contributed by atoms with van der Waals surface area (Å²) >= 11 is 3.44. The lowest BCUT2D eigenvalue weighted by atomic mass is 9.70. The molecule has 1 aromatic carbocycles. The molecule has 4 rings (SSSR count). The average Bonchev–Trinajstić information content (AvgIpc) is 2.75. The third kappa shape index (κ3) is 1.96. The van der Waals surface area contributed by atoms with Crippen molar-refractivity contribution in [2.24, 2.45) is 0 Å². The molecule has 2 aliphatic heterocycles. The molecule has 1 atom stereocenters. The van der Waals surface area contributed by atoms with E-state index in [-0.39, 0.29) is 11.5 Å². The zero-order valence-electron chi connectivity index (χ0n) is 12.1. The summed E-state index contributed by atoms with van der Waals surface area (Å²) in [6.45, 7) is 0. The first-order valence-electron chi connectivity index (χ1n) is 7.66. The van der Waals surface area contributed by atoms with Crippen molar-refractivity contribution in [3.8, 4) is 5.75 Å². The van der Waals surface area contributed by atoms with Crippen molar-refractivity contribution >= 4 is 27.9 Å². The van der Waals surface area contributed by atoms with Gasteiger partial charge in [0, 0.05) is 16.5 Å². The highest BCUT2D eigenvalue weighted by molar-refractivity contribution is 9.10. The number of imide groups is 1. The van der Waals surface area contributed by atoms with Crippen molar-refractivity contribution in [2.45, 2.75) is 49.7 Å². The van der Waals surface area contributed by atoms with Gasteiger partial charge in [-0.1, -0.05) is 22.4 Å². The van der Waals surface area contributed by atoms with E-state index in [9.17, 15) is 9.59 Å². The molecule has 2 spiro atoms. The zero-order chi connectivity index (χ0) is 15.4. The predicted molar refractivity (Wildman–Crippen MR) is 83.6 cm³/mol. The van der Waals surface area contributed by atoms with Gasteiger partial charge in [0.2, 0.25) is 0 Å². The van der Waals surface area contributed by atoms with Gasteiger partial charge in [-0.2, -0.15) is 0 Å². The second-order valence-electron chi connectivity index (χ2n) is 6.48. The SMILES string of the molecule is O=C1NC(=O)C2(CC3(CCCCC3)Oc3ccc(Br)cc32)N1. The summed E-state index contributed by atoms with van der Waals surface area (Å²) in [5.41, 5.74) is -0.624. The number of fused-ring (bicyclic) bond motifs is 2. The first-order valence-corrected chi connectivity index (χ1v) is 8.45. The van der Waals surface area contributed by atoms with Crippen LogP contribution in [0.2, 0.25) is 0 Å². The van der Waals surface area contributed by atoms with E-state index in [1.54, 1.807) is 0 Å². The van der Waals surface area contributed by atoms with Crippen LogP contribution >= 0.6 is 15.9 Å².